The summed E-state index contributed by atoms with van der Waals surface area (Å²) >= 11 is 0. The van der Waals surface area contributed by atoms with Gasteiger partial charge < -0.3 is 5.32 Å². The van der Waals surface area contributed by atoms with E-state index in [1.54, 1.807) is 4.68 Å². The zero-order valence-corrected chi connectivity index (χ0v) is 8.44. The van der Waals surface area contributed by atoms with E-state index in [0.717, 1.165) is 23.6 Å². The van der Waals surface area contributed by atoms with Crippen LogP contribution in [0.25, 0.3) is 5.69 Å². The van der Waals surface area contributed by atoms with Crippen LogP contribution < -0.4 is 5.32 Å². The average molecular weight is 201 g/mol. The fourth-order valence-corrected chi connectivity index (χ4v) is 1.80. The zero-order chi connectivity index (χ0) is 10.3. The highest BCUT2D eigenvalue weighted by molar-refractivity contribution is 5.63. The number of tetrazole rings is 1. The van der Waals surface area contributed by atoms with Crippen molar-refractivity contribution in [3.8, 4) is 5.69 Å². The van der Waals surface area contributed by atoms with Gasteiger partial charge in [-0.1, -0.05) is 13.0 Å². The Morgan fingerprint density at radius 3 is 3.27 bits per heavy atom. The maximum atomic E-state index is 3.99. The van der Waals surface area contributed by atoms with E-state index in [4.69, 9.17) is 0 Å². The van der Waals surface area contributed by atoms with Crippen molar-refractivity contribution in [1.29, 1.82) is 0 Å². The molecule has 0 atom stereocenters. The van der Waals surface area contributed by atoms with Crippen molar-refractivity contribution in [2.75, 3.05) is 5.32 Å². The van der Waals surface area contributed by atoms with Crippen LogP contribution in [-0.4, -0.2) is 20.2 Å². The van der Waals surface area contributed by atoms with Crippen molar-refractivity contribution in [1.82, 2.24) is 20.2 Å². The average Bonchev–Trinajstić information content (AvgIpc) is 2.76. The molecule has 76 valence electrons. The molecule has 1 aromatic carbocycles. The van der Waals surface area contributed by atoms with Gasteiger partial charge in [0.1, 0.15) is 0 Å². The van der Waals surface area contributed by atoms with Gasteiger partial charge in [0, 0.05) is 0 Å². The number of hydrogen-bond acceptors (Lipinski definition) is 4. The molecule has 1 aliphatic heterocycles. The Morgan fingerprint density at radius 1 is 1.47 bits per heavy atom. The van der Waals surface area contributed by atoms with Crippen molar-refractivity contribution in [3.05, 3.63) is 29.6 Å². The summed E-state index contributed by atoms with van der Waals surface area (Å²) in [5.74, 6) is 0.857. The molecular formula is C10H11N5. The Kier molecular flexibility index (Phi) is 1.71. The summed E-state index contributed by atoms with van der Waals surface area (Å²) in [6.45, 7) is 2.82. The molecule has 0 fully saturated rings. The zero-order valence-electron chi connectivity index (χ0n) is 8.44. The fourth-order valence-electron chi connectivity index (χ4n) is 1.80. The first-order valence-electron chi connectivity index (χ1n) is 5.03. The molecule has 1 aromatic heterocycles. The predicted octanol–water partition coefficient (Wildman–Crippen LogP) is 1.15. The Hall–Kier alpha value is -1.91. The summed E-state index contributed by atoms with van der Waals surface area (Å²) < 4.78 is 1.80. The lowest BCUT2D eigenvalue weighted by molar-refractivity contribution is 0.753. The number of hydrogen-bond donors (Lipinski definition) is 1. The van der Waals surface area contributed by atoms with E-state index in [2.05, 4.69) is 46.0 Å². The van der Waals surface area contributed by atoms with Gasteiger partial charge in [0.2, 0.25) is 0 Å². The van der Waals surface area contributed by atoms with E-state index >= 15 is 0 Å². The lowest BCUT2D eigenvalue weighted by Gasteiger charge is -2.18. The van der Waals surface area contributed by atoms with Gasteiger partial charge in [-0.05, 0) is 34.5 Å². The standard InChI is InChI=1S/C10H11N5/c1-2-7-3-4-8-9(5-7)15-10(6-11-8)12-13-14-15/h3-5,11H,2,6H2,1H3. The summed E-state index contributed by atoms with van der Waals surface area (Å²) in [5.41, 5.74) is 3.42. The lowest BCUT2D eigenvalue weighted by atomic mass is 10.1. The Balaban J connectivity index is 2.21. The van der Waals surface area contributed by atoms with E-state index in [0.29, 0.717) is 6.54 Å². The summed E-state index contributed by atoms with van der Waals surface area (Å²) in [4.78, 5) is 0. The van der Waals surface area contributed by atoms with Crippen molar-refractivity contribution < 1.29 is 0 Å². The molecule has 0 spiro atoms. The number of anilines is 1. The fraction of sp³-hybridized carbons (Fsp3) is 0.300. The van der Waals surface area contributed by atoms with Gasteiger partial charge in [-0.2, -0.15) is 4.68 Å². The minimum absolute atomic E-state index is 0.686. The molecule has 0 aliphatic carbocycles. The topological polar surface area (TPSA) is 55.6 Å². The number of aromatic nitrogens is 4. The van der Waals surface area contributed by atoms with Crippen molar-refractivity contribution in [2.45, 2.75) is 19.9 Å². The molecule has 0 radical (unpaired) electrons. The Bertz CT molecular complexity index is 502. The number of nitrogens with zero attached hydrogens (tertiary/aromatic N) is 4. The van der Waals surface area contributed by atoms with Crippen molar-refractivity contribution in [3.63, 3.8) is 0 Å². The van der Waals surface area contributed by atoms with Gasteiger partial charge in [-0.15, -0.1) is 5.10 Å². The molecule has 2 aromatic rings. The molecule has 3 rings (SSSR count). The number of benzene rings is 1. The third-order valence-electron chi connectivity index (χ3n) is 2.67. The van der Waals surface area contributed by atoms with Crippen LogP contribution in [0.3, 0.4) is 0 Å². The normalized spacial score (nSPS) is 12.9. The summed E-state index contributed by atoms with van der Waals surface area (Å²) in [6, 6.07) is 6.33. The van der Waals surface area contributed by atoms with Gasteiger partial charge >= 0.3 is 0 Å². The number of fused-ring (bicyclic) bond motifs is 3. The summed E-state index contributed by atoms with van der Waals surface area (Å²) in [7, 11) is 0. The van der Waals surface area contributed by atoms with E-state index in [9.17, 15) is 0 Å². The van der Waals surface area contributed by atoms with Gasteiger partial charge in [0.15, 0.2) is 5.82 Å². The Labute approximate surface area is 87.1 Å². The highest BCUT2D eigenvalue weighted by Gasteiger charge is 2.17. The largest absolute Gasteiger partial charge is 0.376 e. The van der Waals surface area contributed by atoms with E-state index in [1.807, 2.05) is 0 Å². The minimum Gasteiger partial charge on any atom is -0.376 e. The maximum Gasteiger partial charge on any atom is 0.175 e. The first-order valence-corrected chi connectivity index (χ1v) is 5.03. The van der Waals surface area contributed by atoms with Crippen LogP contribution in [0, 0.1) is 0 Å². The van der Waals surface area contributed by atoms with Gasteiger partial charge in [0.05, 0.1) is 17.9 Å². The molecule has 0 amide bonds. The number of aryl methyl sites for hydroxylation is 1. The molecule has 1 N–H and O–H groups in total. The molecule has 5 heteroatoms. The first-order chi connectivity index (χ1) is 7.38. The minimum atomic E-state index is 0.686. The van der Waals surface area contributed by atoms with Crippen LogP contribution in [0.4, 0.5) is 5.69 Å². The van der Waals surface area contributed by atoms with Crippen LogP contribution in [0.1, 0.15) is 18.3 Å². The number of nitrogens with one attached hydrogen (secondary N) is 1. The Morgan fingerprint density at radius 2 is 2.40 bits per heavy atom. The van der Waals surface area contributed by atoms with E-state index < -0.39 is 0 Å². The van der Waals surface area contributed by atoms with Crippen LogP contribution in [0.15, 0.2) is 18.2 Å². The highest BCUT2D eigenvalue weighted by Crippen LogP contribution is 2.26. The molecule has 0 saturated heterocycles. The first kappa shape index (κ1) is 8.40. The van der Waals surface area contributed by atoms with E-state index in [1.165, 1.54) is 5.56 Å². The van der Waals surface area contributed by atoms with Crippen LogP contribution in [0.2, 0.25) is 0 Å². The molecule has 0 bridgehead atoms. The van der Waals surface area contributed by atoms with Crippen LogP contribution in [-0.2, 0) is 13.0 Å². The number of rotatable bonds is 1. The molecule has 0 saturated carbocycles. The molecule has 5 nitrogen and oxygen atoms in total. The summed E-state index contributed by atoms with van der Waals surface area (Å²) in [5, 5.41) is 14.9. The quantitative estimate of drug-likeness (QED) is 0.752. The molecule has 2 heterocycles. The molecule has 1 aliphatic rings. The second kappa shape index (κ2) is 3.05. The molecule has 15 heavy (non-hydrogen) atoms. The van der Waals surface area contributed by atoms with Crippen molar-refractivity contribution >= 4 is 5.69 Å². The highest BCUT2D eigenvalue weighted by atomic mass is 15.6. The van der Waals surface area contributed by atoms with Crippen LogP contribution >= 0.6 is 0 Å². The molecular weight excluding hydrogens is 190 g/mol. The second-order valence-electron chi connectivity index (χ2n) is 3.57. The third-order valence-corrected chi connectivity index (χ3v) is 2.67. The monoisotopic (exact) mass is 201 g/mol. The lowest BCUT2D eigenvalue weighted by Crippen LogP contribution is -2.16. The van der Waals surface area contributed by atoms with Gasteiger partial charge in [-0.3, -0.25) is 0 Å². The van der Waals surface area contributed by atoms with Gasteiger partial charge in [0.25, 0.3) is 0 Å². The van der Waals surface area contributed by atoms with Crippen molar-refractivity contribution in [2.24, 2.45) is 0 Å². The van der Waals surface area contributed by atoms with E-state index in [-0.39, 0.29) is 0 Å². The van der Waals surface area contributed by atoms with Crippen LogP contribution in [0.5, 0.6) is 0 Å². The smallest absolute Gasteiger partial charge is 0.175 e. The SMILES string of the molecule is CCc1ccc2c(c1)-n1nnnc1CN2. The molecule has 0 unspecified atom stereocenters. The predicted molar refractivity (Wildman–Crippen MR) is 55.9 cm³/mol. The summed E-state index contributed by atoms with van der Waals surface area (Å²) in [6.07, 6.45) is 1.02. The second-order valence-corrected chi connectivity index (χ2v) is 3.57. The van der Waals surface area contributed by atoms with Gasteiger partial charge in [-0.25, -0.2) is 0 Å². The third kappa shape index (κ3) is 1.20. The maximum absolute atomic E-state index is 3.99.